The van der Waals surface area contributed by atoms with E-state index >= 15 is 0 Å². The predicted molar refractivity (Wildman–Crippen MR) is 108 cm³/mol. The number of methoxy groups -OCH3 is 1. The molecule has 0 atom stereocenters. The van der Waals surface area contributed by atoms with Crippen molar-refractivity contribution < 1.29 is 22.4 Å². The van der Waals surface area contributed by atoms with Gasteiger partial charge < -0.3 is 9.15 Å². The smallest absolute Gasteiger partial charge is 0.322 e. The number of ether oxygens (including phenoxy) is 1. The van der Waals surface area contributed by atoms with Crippen LogP contribution in [0.1, 0.15) is 18.4 Å². The van der Waals surface area contributed by atoms with E-state index in [1.165, 1.54) is 0 Å². The van der Waals surface area contributed by atoms with Crippen molar-refractivity contribution >= 4 is 21.8 Å². The third-order valence-corrected chi connectivity index (χ3v) is 5.76. The van der Waals surface area contributed by atoms with Crippen LogP contribution >= 0.6 is 0 Å². The van der Waals surface area contributed by atoms with Gasteiger partial charge in [0.25, 0.3) is 0 Å². The van der Waals surface area contributed by atoms with Crippen molar-refractivity contribution in [2.24, 2.45) is 0 Å². The van der Waals surface area contributed by atoms with Crippen LogP contribution in [-0.4, -0.2) is 37.4 Å². The van der Waals surface area contributed by atoms with Crippen molar-refractivity contribution in [3.05, 3.63) is 60.2 Å². The SMILES string of the molecule is COc1cccc(-c2nnc(NC(=O)CCCS(=O)(=O)Cc3ccccc3)o2)c1. The molecular formula is C20H21N3O5S. The van der Waals surface area contributed by atoms with Crippen LogP contribution in [0.4, 0.5) is 6.01 Å². The van der Waals surface area contributed by atoms with Gasteiger partial charge in [-0.3, -0.25) is 10.1 Å². The zero-order valence-corrected chi connectivity index (χ0v) is 16.7. The lowest BCUT2D eigenvalue weighted by Gasteiger charge is -2.04. The minimum Gasteiger partial charge on any atom is -0.497 e. The maximum absolute atomic E-state index is 12.2. The van der Waals surface area contributed by atoms with Crippen molar-refractivity contribution in [1.82, 2.24) is 10.2 Å². The molecule has 9 heteroatoms. The summed E-state index contributed by atoms with van der Waals surface area (Å²) in [7, 11) is -1.73. The normalized spacial score (nSPS) is 11.2. The van der Waals surface area contributed by atoms with Gasteiger partial charge in [0.05, 0.1) is 18.6 Å². The first kappa shape index (κ1) is 20.5. The molecular weight excluding hydrogens is 394 g/mol. The van der Waals surface area contributed by atoms with Crippen LogP contribution in [0.3, 0.4) is 0 Å². The van der Waals surface area contributed by atoms with Gasteiger partial charge >= 0.3 is 6.01 Å². The topological polar surface area (TPSA) is 111 Å². The predicted octanol–water partition coefficient (Wildman–Crippen LogP) is 3.08. The summed E-state index contributed by atoms with van der Waals surface area (Å²) in [6.07, 6.45) is 0.239. The standard InChI is InChI=1S/C20H21N3O5S/c1-27-17-10-5-9-16(13-17)19-22-23-20(28-19)21-18(24)11-6-12-29(25,26)14-15-7-3-2-4-8-15/h2-5,7-10,13H,6,11-12,14H2,1H3,(H,21,23,24). The Hall–Kier alpha value is -3.20. The molecule has 1 heterocycles. The number of carbonyl (C=O) groups is 1. The first-order valence-electron chi connectivity index (χ1n) is 8.97. The summed E-state index contributed by atoms with van der Waals surface area (Å²) in [6, 6.07) is 16.0. The quantitative estimate of drug-likeness (QED) is 0.571. The van der Waals surface area contributed by atoms with E-state index in [1.807, 2.05) is 6.07 Å². The van der Waals surface area contributed by atoms with E-state index < -0.39 is 9.84 Å². The Morgan fingerprint density at radius 2 is 1.90 bits per heavy atom. The molecule has 1 aromatic heterocycles. The van der Waals surface area contributed by atoms with Crippen molar-refractivity contribution in [2.45, 2.75) is 18.6 Å². The highest BCUT2D eigenvalue weighted by Gasteiger charge is 2.15. The number of benzene rings is 2. The number of carbonyl (C=O) groups excluding carboxylic acids is 1. The molecule has 2 aromatic carbocycles. The molecule has 0 saturated carbocycles. The van der Waals surface area contributed by atoms with Crippen LogP contribution in [0, 0.1) is 0 Å². The van der Waals surface area contributed by atoms with Gasteiger partial charge in [0.2, 0.25) is 11.8 Å². The summed E-state index contributed by atoms with van der Waals surface area (Å²) in [6.45, 7) is 0. The van der Waals surface area contributed by atoms with Crippen LogP contribution in [-0.2, 0) is 20.4 Å². The fourth-order valence-electron chi connectivity index (χ4n) is 2.68. The molecule has 29 heavy (non-hydrogen) atoms. The van der Waals surface area contributed by atoms with Gasteiger partial charge in [0.1, 0.15) is 5.75 Å². The Balaban J connectivity index is 1.49. The third kappa shape index (κ3) is 6.15. The van der Waals surface area contributed by atoms with Crippen molar-refractivity contribution in [1.29, 1.82) is 0 Å². The molecule has 3 rings (SSSR count). The van der Waals surface area contributed by atoms with Crippen molar-refractivity contribution in [2.75, 3.05) is 18.2 Å². The van der Waals surface area contributed by atoms with E-state index in [-0.39, 0.29) is 42.2 Å². The molecule has 0 aliphatic heterocycles. The van der Waals surface area contributed by atoms with Gasteiger partial charge in [-0.1, -0.05) is 41.5 Å². The molecule has 1 N–H and O–H groups in total. The third-order valence-electron chi connectivity index (χ3n) is 4.08. The monoisotopic (exact) mass is 415 g/mol. The largest absolute Gasteiger partial charge is 0.497 e. The molecule has 0 spiro atoms. The van der Waals surface area contributed by atoms with Gasteiger partial charge in [-0.15, -0.1) is 5.10 Å². The zero-order chi connectivity index (χ0) is 20.7. The molecule has 152 valence electrons. The number of hydrogen-bond donors (Lipinski definition) is 1. The van der Waals surface area contributed by atoms with Crippen LogP contribution < -0.4 is 10.1 Å². The Kier molecular flexibility index (Phi) is 6.61. The summed E-state index contributed by atoms with van der Waals surface area (Å²) in [5, 5.41) is 10.2. The summed E-state index contributed by atoms with van der Waals surface area (Å²) in [4.78, 5) is 12.0. The second kappa shape index (κ2) is 9.33. The summed E-state index contributed by atoms with van der Waals surface area (Å²) < 4.78 is 34.9. The molecule has 1 amide bonds. The molecule has 0 radical (unpaired) electrons. The number of sulfone groups is 1. The van der Waals surface area contributed by atoms with E-state index in [4.69, 9.17) is 9.15 Å². The fraction of sp³-hybridized carbons (Fsp3) is 0.250. The second-order valence-corrected chi connectivity index (χ2v) is 8.56. The van der Waals surface area contributed by atoms with Crippen LogP contribution in [0.5, 0.6) is 5.75 Å². The minimum absolute atomic E-state index is 0.0326. The molecule has 0 bridgehead atoms. The van der Waals surface area contributed by atoms with Gasteiger partial charge in [-0.25, -0.2) is 8.42 Å². The lowest BCUT2D eigenvalue weighted by Crippen LogP contribution is -2.15. The average molecular weight is 415 g/mol. The summed E-state index contributed by atoms with van der Waals surface area (Å²) >= 11 is 0. The average Bonchev–Trinajstić information content (AvgIpc) is 3.16. The molecule has 0 unspecified atom stereocenters. The Labute approximate surface area is 168 Å². The summed E-state index contributed by atoms with van der Waals surface area (Å²) in [5.41, 5.74) is 1.39. The van der Waals surface area contributed by atoms with Gasteiger partial charge in [-0.05, 0) is 30.2 Å². The number of nitrogens with zero attached hydrogens (tertiary/aromatic N) is 2. The minimum atomic E-state index is -3.28. The molecule has 3 aromatic rings. The highest BCUT2D eigenvalue weighted by Crippen LogP contribution is 2.23. The number of nitrogens with one attached hydrogen (secondary N) is 1. The number of amides is 1. The molecule has 0 aliphatic rings. The van der Waals surface area contributed by atoms with E-state index in [0.717, 1.165) is 5.56 Å². The number of anilines is 1. The van der Waals surface area contributed by atoms with E-state index in [0.29, 0.717) is 11.3 Å². The van der Waals surface area contributed by atoms with Gasteiger partial charge in [0, 0.05) is 12.0 Å². The maximum atomic E-state index is 12.2. The first-order valence-corrected chi connectivity index (χ1v) is 10.8. The van der Waals surface area contributed by atoms with Gasteiger partial charge in [-0.2, -0.15) is 0 Å². The zero-order valence-electron chi connectivity index (χ0n) is 15.9. The number of rotatable bonds is 9. The maximum Gasteiger partial charge on any atom is 0.322 e. The highest BCUT2D eigenvalue weighted by atomic mass is 32.2. The molecule has 0 aliphatic carbocycles. The second-order valence-electron chi connectivity index (χ2n) is 6.37. The Bertz CT molecular complexity index is 1060. The Morgan fingerprint density at radius 1 is 1.10 bits per heavy atom. The van der Waals surface area contributed by atoms with Crippen LogP contribution in [0.2, 0.25) is 0 Å². The van der Waals surface area contributed by atoms with Gasteiger partial charge in [0.15, 0.2) is 9.84 Å². The fourth-order valence-corrected chi connectivity index (χ4v) is 4.11. The lowest BCUT2D eigenvalue weighted by molar-refractivity contribution is -0.116. The molecule has 0 saturated heterocycles. The Morgan fingerprint density at radius 3 is 2.66 bits per heavy atom. The van der Waals surface area contributed by atoms with E-state index in [2.05, 4.69) is 15.5 Å². The van der Waals surface area contributed by atoms with Crippen molar-refractivity contribution in [3.63, 3.8) is 0 Å². The lowest BCUT2D eigenvalue weighted by atomic mass is 10.2. The molecule has 0 fully saturated rings. The number of aromatic nitrogens is 2. The van der Waals surface area contributed by atoms with Crippen LogP contribution in [0.25, 0.3) is 11.5 Å². The van der Waals surface area contributed by atoms with Crippen LogP contribution in [0.15, 0.2) is 59.0 Å². The first-order chi connectivity index (χ1) is 13.9. The van der Waals surface area contributed by atoms with E-state index in [1.54, 1.807) is 55.6 Å². The highest BCUT2D eigenvalue weighted by molar-refractivity contribution is 7.90. The van der Waals surface area contributed by atoms with Crippen molar-refractivity contribution in [3.8, 4) is 17.2 Å². The number of hydrogen-bond acceptors (Lipinski definition) is 7. The van der Waals surface area contributed by atoms with E-state index in [9.17, 15) is 13.2 Å². The summed E-state index contributed by atoms with van der Waals surface area (Å²) in [5.74, 6) is 0.380. The molecule has 8 nitrogen and oxygen atoms in total.